The lowest BCUT2D eigenvalue weighted by Gasteiger charge is -2.12. The molecule has 0 aliphatic carbocycles. The highest BCUT2D eigenvalue weighted by Crippen LogP contribution is 2.26. The van der Waals surface area contributed by atoms with E-state index in [9.17, 15) is 22.9 Å². The molecule has 3 aromatic rings. The zero-order valence-corrected chi connectivity index (χ0v) is 13.8. The van der Waals surface area contributed by atoms with E-state index in [1.165, 1.54) is 0 Å². The Balaban J connectivity index is 1.90. The van der Waals surface area contributed by atoms with E-state index in [1.807, 2.05) is 12.1 Å². The third-order valence-corrected chi connectivity index (χ3v) is 5.17. The van der Waals surface area contributed by atoms with Crippen molar-refractivity contribution in [1.29, 1.82) is 0 Å². The summed E-state index contributed by atoms with van der Waals surface area (Å²) in [5.74, 6) is -0.712. The van der Waals surface area contributed by atoms with Gasteiger partial charge in [0.2, 0.25) is 15.8 Å². The van der Waals surface area contributed by atoms with E-state index in [-0.39, 0.29) is 0 Å². The molecule has 0 aliphatic heterocycles. The number of nitro benzene ring substituents is 1. The summed E-state index contributed by atoms with van der Waals surface area (Å²) >= 11 is 0. The van der Waals surface area contributed by atoms with Crippen molar-refractivity contribution in [2.24, 2.45) is 0 Å². The molecule has 0 aliphatic rings. The Hall–Kier alpha value is -2.78. The van der Waals surface area contributed by atoms with Crippen LogP contribution in [0.25, 0.3) is 11.0 Å². The molecule has 9 heteroatoms. The highest BCUT2D eigenvalue weighted by atomic mass is 32.2. The van der Waals surface area contributed by atoms with Crippen LogP contribution in [0.4, 0.5) is 10.1 Å². The monoisotopic (exact) mass is 364 g/mol. The zero-order chi connectivity index (χ0) is 18.2. The van der Waals surface area contributed by atoms with E-state index >= 15 is 0 Å². The van der Waals surface area contributed by atoms with Gasteiger partial charge in [-0.3, -0.25) is 10.1 Å². The van der Waals surface area contributed by atoms with E-state index in [0.29, 0.717) is 17.4 Å². The van der Waals surface area contributed by atoms with Crippen LogP contribution in [0.5, 0.6) is 0 Å². The van der Waals surface area contributed by atoms with Crippen molar-refractivity contribution in [2.75, 3.05) is 0 Å². The first-order chi connectivity index (χ1) is 11.8. The van der Waals surface area contributed by atoms with Gasteiger partial charge in [0.05, 0.1) is 15.9 Å². The molecule has 3 rings (SSSR count). The lowest BCUT2D eigenvalue weighted by Crippen LogP contribution is -2.26. The summed E-state index contributed by atoms with van der Waals surface area (Å²) in [5.41, 5.74) is -0.291. The van der Waals surface area contributed by atoms with Crippen LogP contribution < -0.4 is 4.72 Å². The summed E-state index contributed by atoms with van der Waals surface area (Å²) < 4.78 is 46.2. The van der Waals surface area contributed by atoms with Crippen LogP contribution in [0, 0.1) is 15.9 Å². The normalized spacial score (nSPS) is 13.0. The van der Waals surface area contributed by atoms with E-state index in [1.54, 1.807) is 25.1 Å². The van der Waals surface area contributed by atoms with Gasteiger partial charge >= 0.3 is 5.69 Å². The molecular weight excluding hydrogens is 351 g/mol. The highest BCUT2D eigenvalue weighted by molar-refractivity contribution is 7.89. The van der Waals surface area contributed by atoms with Crippen LogP contribution in [0.2, 0.25) is 0 Å². The van der Waals surface area contributed by atoms with Gasteiger partial charge in [0.25, 0.3) is 0 Å². The minimum Gasteiger partial charge on any atom is -0.459 e. The van der Waals surface area contributed by atoms with Gasteiger partial charge in [-0.15, -0.1) is 0 Å². The van der Waals surface area contributed by atoms with Crippen molar-refractivity contribution in [2.45, 2.75) is 17.9 Å². The molecule has 1 atom stereocenters. The summed E-state index contributed by atoms with van der Waals surface area (Å²) in [7, 11) is -4.10. The molecule has 0 spiro atoms. The number of hydrogen-bond donors (Lipinski definition) is 1. The third kappa shape index (κ3) is 3.37. The van der Waals surface area contributed by atoms with E-state index < -0.39 is 37.4 Å². The Labute approximate surface area is 142 Å². The third-order valence-electron chi connectivity index (χ3n) is 3.63. The van der Waals surface area contributed by atoms with Gasteiger partial charge in [0.15, 0.2) is 0 Å². The smallest absolute Gasteiger partial charge is 0.306 e. The quantitative estimate of drug-likeness (QED) is 0.551. The van der Waals surface area contributed by atoms with Crippen LogP contribution in [-0.2, 0) is 10.0 Å². The van der Waals surface area contributed by atoms with Crippen LogP contribution in [-0.4, -0.2) is 13.3 Å². The molecule has 1 heterocycles. The summed E-state index contributed by atoms with van der Waals surface area (Å²) in [6.45, 7) is 1.58. The predicted octanol–water partition coefficient (Wildman–Crippen LogP) is 3.52. The second-order valence-electron chi connectivity index (χ2n) is 5.40. The van der Waals surface area contributed by atoms with Gasteiger partial charge in [-0.1, -0.05) is 18.2 Å². The predicted molar refractivity (Wildman–Crippen MR) is 88.0 cm³/mol. The van der Waals surface area contributed by atoms with Crippen molar-refractivity contribution in [3.05, 3.63) is 70.2 Å². The number of nitrogens with one attached hydrogen (secondary N) is 1. The van der Waals surface area contributed by atoms with Gasteiger partial charge in [-0.05, 0) is 31.2 Å². The molecule has 1 aromatic heterocycles. The highest BCUT2D eigenvalue weighted by Gasteiger charge is 2.24. The van der Waals surface area contributed by atoms with Gasteiger partial charge in [-0.2, -0.15) is 4.39 Å². The molecule has 7 nitrogen and oxygen atoms in total. The molecule has 0 saturated carbocycles. The van der Waals surface area contributed by atoms with Crippen LogP contribution in [0.3, 0.4) is 0 Å². The average molecular weight is 364 g/mol. The largest absolute Gasteiger partial charge is 0.459 e. The molecule has 0 unspecified atom stereocenters. The molecule has 0 bridgehead atoms. The lowest BCUT2D eigenvalue weighted by atomic mass is 10.2. The van der Waals surface area contributed by atoms with Gasteiger partial charge < -0.3 is 4.42 Å². The molecule has 0 radical (unpaired) electrons. The first kappa shape index (κ1) is 17.1. The standard InChI is InChI=1S/C16H13FN2O5S/c1-10(16-8-11-4-2-3-5-15(11)24-16)18-25(22,23)12-6-7-13(17)14(9-12)19(20)21/h2-10,18H,1H3/t10-/m1/s1. The van der Waals surface area contributed by atoms with E-state index in [2.05, 4.69) is 4.72 Å². The van der Waals surface area contributed by atoms with Gasteiger partial charge in [-0.25, -0.2) is 13.1 Å². The second-order valence-corrected chi connectivity index (χ2v) is 7.11. The van der Waals surface area contributed by atoms with E-state index in [4.69, 9.17) is 4.42 Å². The van der Waals surface area contributed by atoms with Gasteiger partial charge in [0.1, 0.15) is 11.3 Å². The zero-order valence-electron chi connectivity index (χ0n) is 13.0. The summed E-state index contributed by atoms with van der Waals surface area (Å²) in [4.78, 5) is 9.40. The Morgan fingerprint density at radius 1 is 1.20 bits per heavy atom. The number of sulfonamides is 1. The minimum atomic E-state index is -4.10. The van der Waals surface area contributed by atoms with Crippen LogP contribution in [0.15, 0.2) is 57.8 Å². The molecule has 0 fully saturated rings. The van der Waals surface area contributed by atoms with Crippen LogP contribution >= 0.6 is 0 Å². The SMILES string of the molecule is C[C@@H](NS(=O)(=O)c1ccc(F)c([N+](=O)[O-])c1)c1cc2ccccc2o1. The number of fused-ring (bicyclic) bond motifs is 1. The molecule has 25 heavy (non-hydrogen) atoms. The fraction of sp³-hybridized carbons (Fsp3) is 0.125. The van der Waals surface area contributed by atoms with E-state index in [0.717, 1.165) is 17.5 Å². The maximum absolute atomic E-state index is 13.4. The molecule has 130 valence electrons. The fourth-order valence-electron chi connectivity index (χ4n) is 2.37. The molecule has 1 N–H and O–H groups in total. The van der Waals surface area contributed by atoms with Crippen LogP contribution in [0.1, 0.15) is 18.7 Å². The summed E-state index contributed by atoms with van der Waals surface area (Å²) in [6, 6.07) is 10.6. The molecule has 2 aromatic carbocycles. The molecule has 0 saturated heterocycles. The second kappa shape index (κ2) is 6.26. The van der Waals surface area contributed by atoms with Crippen molar-refractivity contribution in [3.8, 4) is 0 Å². The molecular formula is C16H13FN2O5S. The lowest BCUT2D eigenvalue weighted by molar-refractivity contribution is -0.387. The summed E-state index contributed by atoms with van der Waals surface area (Å²) in [6.07, 6.45) is 0. The number of hydrogen-bond acceptors (Lipinski definition) is 5. The minimum absolute atomic E-state index is 0.390. The number of rotatable bonds is 5. The maximum Gasteiger partial charge on any atom is 0.306 e. The summed E-state index contributed by atoms with van der Waals surface area (Å²) in [5, 5.41) is 11.6. The number of benzene rings is 2. The first-order valence-electron chi connectivity index (χ1n) is 7.23. The Morgan fingerprint density at radius 3 is 2.60 bits per heavy atom. The number of halogens is 1. The van der Waals surface area contributed by atoms with Crippen molar-refractivity contribution in [1.82, 2.24) is 4.72 Å². The number of nitrogens with zero attached hydrogens (tertiary/aromatic N) is 1. The fourth-order valence-corrected chi connectivity index (χ4v) is 3.61. The average Bonchev–Trinajstić information content (AvgIpc) is 2.98. The number of nitro groups is 1. The molecule has 0 amide bonds. The number of para-hydroxylation sites is 1. The number of furan rings is 1. The topological polar surface area (TPSA) is 102 Å². The first-order valence-corrected chi connectivity index (χ1v) is 8.71. The Morgan fingerprint density at radius 2 is 1.92 bits per heavy atom. The van der Waals surface area contributed by atoms with Crippen molar-refractivity contribution >= 4 is 26.7 Å². The Kier molecular flexibility index (Phi) is 4.27. The maximum atomic E-state index is 13.4. The van der Waals surface area contributed by atoms with Crippen molar-refractivity contribution < 1.29 is 22.1 Å². The van der Waals surface area contributed by atoms with Gasteiger partial charge in [0, 0.05) is 11.5 Å². The Bertz CT molecular complexity index is 1030. The van der Waals surface area contributed by atoms with Crippen molar-refractivity contribution in [3.63, 3.8) is 0 Å².